The average molecular weight is 168 g/mol. The highest BCUT2D eigenvalue weighted by molar-refractivity contribution is 5.73. The molecule has 3 nitrogen and oxygen atoms in total. The lowest BCUT2D eigenvalue weighted by Gasteiger charge is -2.22. The maximum Gasteiger partial charge on any atom is 0.220 e. The van der Waals surface area contributed by atoms with Crippen molar-refractivity contribution in [2.75, 3.05) is 7.05 Å². The zero-order valence-electron chi connectivity index (χ0n) is 8.16. The molecule has 12 heavy (non-hydrogen) atoms. The summed E-state index contributed by atoms with van der Waals surface area (Å²) in [4.78, 5) is 12.4. The van der Waals surface area contributed by atoms with E-state index in [4.69, 9.17) is 5.26 Å². The normalized spacial score (nSPS) is 12.3. The number of carbonyl (C=O) groups is 1. The van der Waals surface area contributed by atoms with Crippen molar-refractivity contribution in [2.24, 2.45) is 5.92 Å². The van der Waals surface area contributed by atoms with Gasteiger partial charge in [0.25, 0.3) is 0 Å². The minimum Gasteiger partial charge on any atom is -0.330 e. The molecule has 0 saturated heterocycles. The highest BCUT2D eigenvalue weighted by atomic mass is 16.2. The summed E-state index contributed by atoms with van der Waals surface area (Å²) in [6.07, 6.45) is 0.743. The predicted molar refractivity (Wildman–Crippen MR) is 47.3 cm³/mol. The number of nitrogens with zero attached hydrogens (tertiary/aromatic N) is 2. The van der Waals surface area contributed by atoms with Crippen molar-refractivity contribution in [2.45, 2.75) is 33.2 Å². The minimum atomic E-state index is -0.275. The lowest BCUT2D eigenvalue weighted by Crippen LogP contribution is -2.35. The van der Waals surface area contributed by atoms with Crippen LogP contribution >= 0.6 is 0 Å². The third kappa shape index (κ3) is 3.38. The van der Waals surface area contributed by atoms with Crippen molar-refractivity contribution in [3.8, 4) is 6.07 Å². The summed E-state index contributed by atoms with van der Waals surface area (Å²) < 4.78 is 0. The van der Waals surface area contributed by atoms with Crippen LogP contribution in [0.15, 0.2) is 0 Å². The largest absolute Gasteiger partial charge is 0.330 e. The second kappa shape index (κ2) is 4.76. The van der Waals surface area contributed by atoms with Crippen molar-refractivity contribution >= 4 is 5.91 Å². The number of carbonyl (C=O) groups excluding carboxylic acids is 1. The molecule has 0 fully saturated rings. The van der Waals surface area contributed by atoms with E-state index in [-0.39, 0.29) is 11.9 Å². The molecule has 0 aromatic carbocycles. The fraction of sp³-hybridized carbons (Fsp3) is 0.778. The molecule has 0 aliphatic rings. The zero-order chi connectivity index (χ0) is 9.72. The molecule has 1 atom stereocenters. The molecule has 0 N–H and O–H groups in total. The van der Waals surface area contributed by atoms with Crippen LogP contribution in [0.1, 0.15) is 27.2 Å². The standard InChI is InChI=1S/C9H16N2O/c1-7(2)5-9(6-10)11(4)8(3)12/h7,9H,5H2,1-4H3. The van der Waals surface area contributed by atoms with Crippen LogP contribution in [0.3, 0.4) is 0 Å². The topological polar surface area (TPSA) is 44.1 Å². The Bertz CT molecular complexity index is 193. The van der Waals surface area contributed by atoms with Gasteiger partial charge >= 0.3 is 0 Å². The highest BCUT2D eigenvalue weighted by Gasteiger charge is 2.16. The van der Waals surface area contributed by atoms with E-state index in [0.29, 0.717) is 5.92 Å². The summed E-state index contributed by atoms with van der Waals surface area (Å²) in [6.45, 7) is 5.56. The third-order valence-electron chi connectivity index (χ3n) is 1.81. The molecule has 0 saturated carbocycles. The quantitative estimate of drug-likeness (QED) is 0.639. The fourth-order valence-corrected chi connectivity index (χ4v) is 0.963. The van der Waals surface area contributed by atoms with Gasteiger partial charge in [0.1, 0.15) is 6.04 Å². The summed E-state index contributed by atoms with van der Waals surface area (Å²) in [5.74, 6) is 0.388. The first-order valence-electron chi connectivity index (χ1n) is 4.12. The molecule has 0 aliphatic heterocycles. The second-order valence-electron chi connectivity index (χ2n) is 3.40. The van der Waals surface area contributed by atoms with Gasteiger partial charge in [-0.1, -0.05) is 13.8 Å². The van der Waals surface area contributed by atoms with E-state index in [2.05, 4.69) is 6.07 Å². The molecule has 0 aromatic rings. The zero-order valence-corrected chi connectivity index (χ0v) is 8.16. The first kappa shape index (κ1) is 11.0. The molecule has 0 aliphatic carbocycles. The third-order valence-corrected chi connectivity index (χ3v) is 1.81. The molecular weight excluding hydrogens is 152 g/mol. The fourth-order valence-electron chi connectivity index (χ4n) is 0.963. The van der Waals surface area contributed by atoms with E-state index >= 15 is 0 Å². The van der Waals surface area contributed by atoms with Gasteiger partial charge in [-0.15, -0.1) is 0 Å². The van der Waals surface area contributed by atoms with Gasteiger partial charge in [0.2, 0.25) is 5.91 Å². The van der Waals surface area contributed by atoms with Crippen LogP contribution in [0.25, 0.3) is 0 Å². The van der Waals surface area contributed by atoms with Crippen molar-refractivity contribution in [1.29, 1.82) is 5.26 Å². The molecule has 0 rings (SSSR count). The first-order valence-corrected chi connectivity index (χ1v) is 4.12. The van der Waals surface area contributed by atoms with Gasteiger partial charge in [0.15, 0.2) is 0 Å². The van der Waals surface area contributed by atoms with Crippen LogP contribution in [0.4, 0.5) is 0 Å². The minimum absolute atomic E-state index is 0.0535. The van der Waals surface area contributed by atoms with Crippen LogP contribution < -0.4 is 0 Å². The SMILES string of the molecule is CC(=O)N(C)C(C#N)CC(C)C. The van der Waals surface area contributed by atoms with E-state index in [1.54, 1.807) is 7.05 Å². The monoisotopic (exact) mass is 168 g/mol. The highest BCUT2D eigenvalue weighted by Crippen LogP contribution is 2.09. The molecular formula is C9H16N2O. The number of amides is 1. The molecule has 68 valence electrons. The summed E-state index contributed by atoms with van der Waals surface area (Å²) in [5.41, 5.74) is 0. The van der Waals surface area contributed by atoms with Crippen LogP contribution in [0.5, 0.6) is 0 Å². The van der Waals surface area contributed by atoms with Gasteiger partial charge in [-0.05, 0) is 12.3 Å². The van der Waals surface area contributed by atoms with Crippen LogP contribution in [-0.2, 0) is 4.79 Å². The van der Waals surface area contributed by atoms with E-state index < -0.39 is 0 Å². The number of nitriles is 1. The van der Waals surface area contributed by atoms with E-state index in [1.165, 1.54) is 11.8 Å². The van der Waals surface area contributed by atoms with Gasteiger partial charge in [-0.3, -0.25) is 4.79 Å². The lowest BCUT2D eigenvalue weighted by molar-refractivity contribution is -0.128. The van der Waals surface area contributed by atoms with Crippen LogP contribution in [0.2, 0.25) is 0 Å². The van der Waals surface area contributed by atoms with Crippen LogP contribution in [-0.4, -0.2) is 23.9 Å². The predicted octanol–water partition coefficient (Wildman–Crippen LogP) is 1.40. The van der Waals surface area contributed by atoms with Crippen molar-refractivity contribution in [3.05, 3.63) is 0 Å². The van der Waals surface area contributed by atoms with Gasteiger partial charge in [-0.25, -0.2) is 0 Å². The Hall–Kier alpha value is -1.04. The first-order chi connectivity index (χ1) is 5.49. The molecule has 0 radical (unpaired) electrons. The second-order valence-corrected chi connectivity index (χ2v) is 3.40. The summed E-state index contributed by atoms with van der Waals surface area (Å²) in [7, 11) is 1.67. The Morgan fingerprint density at radius 1 is 1.58 bits per heavy atom. The van der Waals surface area contributed by atoms with Crippen molar-refractivity contribution in [3.63, 3.8) is 0 Å². The van der Waals surface area contributed by atoms with Crippen molar-refractivity contribution in [1.82, 2.24) is 4.90 Å². The Labute approximate surface area is 74.0 Å². The molecule has 0 bridgehead atoms. The lowest BCUT2D eigenvalue weighted by atomic mass is 10.0. The Morgan fingerprint density at radius 3 is 2.33 bits per heavy atom. The number of rotatable bonds is 3. The van der Waals surface area contributed by atoms with Gasteiger partial charge < -0.3 is 4.90 Å². The number of hydrogen-bond donors (Lipinski definition) is 0. The molecule has 0 heterocycles. The van der Waals surface area contributed by atoms with Crippen molar-refractivity contribution < 1.29 is 4.79 Å². The molecule has 0 aromatic heterocycles. The molecule has 1 unspecified atom stereocenters. The molecule has 3 heteroatoms. The maximum atomic E-state index is 10.9. The van der Waals surface area contributed by atoms with Gasteiger partial charge in [-0.2, -0.15) is 5.26 Å². The summed E-state index contributed by atoms with van der Waals surface area (Å²) in [5, 5.41) is 8.75. The molecule has 0 spiro atoms. The van der Waals surface area contributed by atoms with E-state index in [0.717, 1.165) is 6.42 Å². The average Bonchev–Trinajstić information content (AvgIpc) is 1.98. The summed E-state index contributed by atoms with van der Waals surface area (Å²) >= 11 is 0. The summed E-state index contributed by atoms with van der Waals surface area (Å²) in [6, 6.07) is 1.84. The molecule has 1 amide bonds. The Morgan fingerprint density at radius 2 is 2.08 bits per heavy atom. The smallest absolute Gasteiger partial charge is 0.220 e. The van der Waals surface area contributed by atoms with Gasteiger partial charge in [0, 0.05) is 14.0 Å². The van der Waals surface area contributed by atoms with E-state index in [1.807, 2.05) is 13.8 Å². The van der Waals surface area contributed by atoms with E-state index in [9.17, 15) is 4.79 Å². The number of hydrogen-bond acceptors (Lipinski definition) is 2. The Kier molecular flexibility index (Phi) is 4.35. The van der Waals surface area contributed by atoms with Crippen LogP contribution in [0, 0.1) is 17.2 Å². The maximum absolute atomic E-state index is 10.9. The Balaban J connectivity index is 4.17. The van der Waals surface area contributed by atoms with Gasteiger partial charge in [0.05, 0.1) is 6.07 Å².